The van der Waals surface area contributed by atoms with Crippen molar-refractivity contribution in [1.29, 1.82) is 0 Å². The number of rotatable bonds is 8. The van der Waals surface area contributed by atoms with E-state index in [1.54, 1.807) is 31.2 Å². The number of anilines is 1. The molecule has 1 fully saturated rings. The van der Waals surface area contributed by atoms with Gasteiger partial charge in [-0.15, -0.1) is 0 Å². The normalized spacial score (nSPS) is 15.2. The minimum Gasteiger partial charge on any atom is -0.490 e. The van der Waals surface area contributed by atoms with Crippen LogP contribution in [0.2, 0.25) is 0 Å². The molecule has 4 aromatic rings. The van der Waals surface area contributed by atoms with E-state index in [1.807, 2.05) is 0 Å². The van der Waals surface area contributed by atoms with Crippen LogP contribution in [0.4, 0.5) is 23.4 Å². The van der Waals surface area contributed by atoms with E-state index in [9.17, 15) is 27.5 Å². The van der Waals surface area contributed by atoms with E-state index in [4.69, 9.17) is 4.74 Å². The molecule has 0 radical (unpaired) electrons. The van der Waals surface area contributed by atoms with Gasteiger partial charge in [-0.05, 0) is 55.2 Å². The average molecular weight is 527 g/mol. The summed E-state index contributed by atoms with van der Waals surface area (Å²) in [6.45, 7) is 1.67. The van der Waals surface area contributed by atoms with Gasteiger partial charge in [0.05, 0.1) is 6.04 Å². The molecule has 1 atom stereocenters. The minimum atomic E-state index is -4.65. The molecule has 1 saturated carbocycles. The van der Waals surface area contributed by atoms with E-state index in [-0.39, 0.29) is 6.61 Å². The molecule has 8 nitrogen and oxygen atoms in total. The van der Waals surface area contributed by atoms with Crippen LogP contribution < -0.4 is 10.1 Å². The number of carboxylic acid groups (broad SMARTS) is 1. The van der Waals surface area contributed by atoms with Crippen molar-refractivity contribution in [3.05, 3.63) is 72.3 Å². The molecular formula is C26H21F4N5O3. The van der Waals surface area contributed by atoms with Gasteiger partial charge in [0, 0.05) is 23.3 Å². The zero-order valence-electron chi connectivity index (χ0n) is 20.0. The SMILES string of the molecule is C[C@@H](Nc1ncnc2c(OCC3(C(=O)O)CC3)cc(-c3ccc(F)cc3)cc12)c1cnc(C(F)(F)F)nc1. The highest BCUT2D eigenvalue weighted by molar-refractivity contribution is 5.96. The molecule has 38 heavy (non-hydrogen) atoms. The van der Waals surface area contributed by atoms with E-state index in [1.165, 1.54) is 18.5 Å². The van der Waals surface area contributed by atoms with E-state index < -0.39 is 35.2 Å². The fourth-order valence-electron chi connectivity index (χ4n) is 3.95. The summed E-state index contributed by atoms with van der Waals surface area (Å²) in [4.78, 5) is 27.1. The molecule has 2 aromatic heterocycles. The van der Waals surface area contributed by atoms with Crippen molar-refractivity contribution in [2.45, 2.75) is 32.0 Å². The summed E-state index contributed by atoms with van der Waals surface area (Å²) in [7, 11) is 0. The third-order valence-electron chi connectivity index (χ3n) is 6.47. The highest BCUT2D eigenvalue weighted by Crippen LogP contribution is 2.47. The number of nitrogens with one attached hydrogen (secondary N) is 1. The maximum Gasteiger partial charge on any atom is 0.451 e. The quantitative estimate of drug-likeness (QED) is 0.283. The summed E-state index contributed by atoms with van der Waals surface area (Å²) in [5.41, 5.74) is 1.19. The molecule has 2 heterocycles. The molecule has 0 saturated heterocycles. The molecule has 1 aliphatic rings. The highest BCUT2D eigenvalue weighted by Gasteiger charge is 2.51. The van der Waals surface area contributed by atoms with Crippen molar-refractivity contribution in [2.75, 3.05) is 11.9 Å². The summed E-state index contributed by atoms with van der Waals surface area (Å²) < 4.78 is 58.1. The Balaban J connectivity index is 1.52. The molecule has 5 rings (SSSR count). The predicted molar refractivity (Wildman–Crippen MR) is 129 cm³/mol. The molecule has 0 aliphatic heterocycles. The van der Waals surface area contributed by atoms with Crippen LogP contribution >= 0.6 is 0 Å². The lowest BCUT2D eigenvalue weighted by atomic mass is 10.0. The van der Waals surface area contributed by atoms with Gasteiger partial charge in [-0.25, -0.2) is 24.3 Å². The van der Waals surface area contributed by atoms with Gasteiger partial charge in [0.15, 0.2) is 0 Å². The highest BCUT2D eigenvalue weighted by atomic mass is 19.4. The Morgan fingerprint density at radius 1 is 1.08 bits per heavy atom. The molecule has 2 N–H and O–H groups in total. The predicted octanol–water partition coefficient (Wildman–Crippen LogP) is 5.66. The van der Waals surface area contributed by atoms with Gasteiger partial charge in [-0.1, -0.05) is 12.1 Å². The van der Waals surface area contributed by atoms with Gasteiger partial charge in [-0.3, -0.25) is 4.79 Å². The van der Waals surface area contributed by atoms with Gasteiger partial charge in [-0.2, -0.15) is 13.2 Å². The maximum absolute atomic E-state index is 13.5. The van der Waals surface area contributed by atoms with E-state index in [2.05, 4.69) is 25.3 Å². The first-order valence-electron chi connectivity index (χ1n) is 11.6. The summed E-state index contributed by atoms with van der Waals surface area (Å²) in [6.07, 6.45) is -0.147. The summed E-state index contributed by atoms with van der Waals surface area (Å²) in [5, 5.41) is 13.2. The molecule has 12 heteroatoms. The fourth-order valence-corrected chi connectivity index (χ4v) is 3.95. The van der Waals surface area contributed by atoms with Gasteiger partial charge in [0.2, 0.25) is 5.82 Å². The molecule has 0 spiro atoms. The number of halogens is 4. The Morgan fingerprint density at radius 3 is 2.37 bits per heavy atom. The number of fused-ring (bicyclic) bond motifs is 1. The number of aromatic nitrogens is 4. The second-order valence-electron chi connectivity index (χ2n) is 9.18. The lowest BCUT2D eigenvalue weighted by molar-refractivity contribution is -0.145. The molecule has 0 amide bonds. The third kappa shape index (κ3) is 5.06. The number of aliphatic carboxylic acids is 1. The fraction of sp³-hybridized carbons (Fsp3) is 0.269. The van der Waals surface area contributed by atoms with E-state index in [0.717, 1.165) is 12.4 Å². The molecular weight excluding hydrogens is 506 g/mol. The summed E-state index contributed by atoms with van der Waals surface area (Å²) >= 11 is 0. The Kier molecular flexibility index (Phi) is 6.33. The third-order valence-corrected chi connectivity index (χ3v) is 6.47. The van der Waals surface area contributed by atoms with Gasteiger partial charge in [0.1, 0.15) is 41.3 Å². The number of hydrogen-bond acceptors (Lipinski definition) is 7. The number of benzene rings is 2. The Bertz CT molecular complexity index is 1490. The first-order chi connectivity index (χ1) is 18.1. The number of carbonyl (C=O) groups is 1. The first kappa shape index (κ1) is 25.3. The Morgan fingerprint density at radius 2 is 1.76 bits per heavy atom. The molecule has 196 valence electrons. The van der Waals surface area contributed by atoms with Crippen molar-refractivity contribution in [1.82, 2.24) is 19.9 Å². The lowest BCUT2D eigenvalue weighted by Crippen LogP contribution is -2.23. The van der Waals surface area contributed by atoms with Crippen LogP contribution in [0.3, 0.4) is 0 Å². The largest absolute Gasteiger partial charge is 0.490 e. The smallest absolute Gasteiger partial charge is 0.451 e. The van der Waals surface area contributed by atoms with Crippen LogP contribution in [0.1, 0.15) is 37.2 Å². The maximum atomic E-state index is 13.5. The molecule has 1 aliphatic carbocycles. The number of alkyl halides is 3. The summed E-state index contributed by atoms with van der Waals surface area (Å²) in [5.74, 6) is -1.88. The lowest BCUT2D eigenvalue weighted by Gasteiger charge is -2.18. The zero-order chi connectivity index (χ0) is 27.1. The summed E-state index contributed by atoms with van der Waals surface area (Å²) in [6, 6.07) is 8.78. The van der Waals surface area contributed by atoms with Crippen molar-refractivity contribution in [2.24, 2.45) is 5.41 Å². The number of ether oxygens (including phenoxy) is 1. The van der Waals surface area contributed by atoms with Crippen LogP contribution in [0, 0.1) is 11.2 Å². The number of carboxylic acids is 1. The zero-order valence-corrected chi connectivity index (χ0v) is 20.0. The van der Waals surface area contributed by atoms with Crippen LogP contribution in [0.25, 0.3) is 22.0 Å². The topological polar surface area (TPSA) is 110 Å². The van der Waals surface area contributed by atoms with Crippen molar-refractivity contribution in [3.63, 3.8) is 0 Å². The van der Waals surface area contributed by atoms with Crippen LogP contribution in [0.5, 0.6) is 5.75 Å². The Labute approximate surface area is 213 Å². The van der Waals surface area contributed by atoms with Gasteiger partial charge in [0.25, 0.3) is 0 Å². The second-order valence-corrected chi connectivity index (χ2v) is 9.18. The molecule has 2 aromatic carbocycles. The van der Waals surface area contributed by atoms with Crippen molar-refractivity contribution < 1.29 is 32.2 Å². The van der Waals surface area contributed by atoms with Gasteiger partial charge < -0.3 is 15.2 Å². The number of nitrogens with zero attached hydrogens (tertiary/aromatic N) is 4. The van der Waals surface area contributed by atoms with Crippen molar-refractivity contribution in [3.8, 4) is 16.9 Å². The first-order valence-corrected chi connectivity index (χ1v) is 11.6. The van der Waals surface area contributed by atoms with Crippen LogP contribution in [-0.4, -0.2) is 37.6 Å². The Hall–Kier alpha value is -4.35. The van der Waals surface area contributed by atoms with Crippen LogP contribution in [0.15, 0.2) is 55.1 Å². The van der Waals surface area contributed by atoms with Gasteiger partial charge >= 0.3 is 12.1 Å². The average Bonchev–Trinajstić information content (AvgIpc) is 3.69. The minimum absolute atomic E-state index is 0.0453. The molecule has 0 bridgehead atoms. The molecule has 0 unspecified atom stereocenters. The van der Waals surface area contributed by atoms with E-state index >= 15 is 0 Å². The monoisotopic (exact) mass is 527 g/mol. The van der Waals surface area contributed by atoms with Crippen molar-refractivity contribution >= 4 is 22.7 Å². The van der Waals surface area contributed by atoms with E-state index in [0.29, 0.717) is 52.0 Å². The standard InChI is InChI=1S/C26H21F4N5O3/c1-14(17-10-31-23(32-11-17)26(28,29)30)35-22-19-8-16(15-2-4-18(27)5-3-15)9-20(21(19)33-13-34-22)38-12-25(6-7-25)24(36)37/h2-5,8-11,13-14H,6-7,12H2,1H3,(H,36,37)(H,33,34,35)/t14-/m1/s1. The van der Waals surface area contributed by atoms with Crippen LogP contribution in [-0.2, 0) is 11.0 Å². The second kappa shape index (κ2) is 9.51. The number of hydrogen-bond donors (Lipinski definition) is 2.